The number of nitrogens with one attached hydrogen (secondary N) is 1. The maximum atomic E-state index is 13.5. The molecule has 0 aliphatic heterocycles. The van der Waals surface area contributed by atoms with Crippen LogP contribution >= 0.6 is 0 Å². The van der Waals surface area contributed by atoms with Crippen molar-refractivity contribution >= 4 is 6.09 Å². The fourth-order valence-electron chi connectivity index (χ4n) is 3.99. The van der Waals surface area contributed by atoms with Crippen LogP contribution in [0.2, 0.25) is 0 Å². The second kappa shape index (κ2) is 8.63. The van der Waals surface area contributed by atoms with Gasteiger partial charge in [0.1, 0.15) is 12.4 Å². The fraction of sp³-hybridized carbons (Fsp3) is 0.208. The van der Waals surface area contributed by atoms with E-state index in [9.17, 15) is 27.5 Å². The molecule has 0 radical (unpaired) electrons. The van der Waals surface area contributed by atoms with E-state index in [0.29, 0.717) is 12.1 Å². The van der Waals surface area contributed by atoms with Crippen molar-refractivity contribution in [3.63, 3.8) is 0 Å². The molecule has 32 heavy (non-hydrogen) atoms. The summed E-state index contributed by atoms with van der Waals surface area (Å²) in [4.78, 5) is 12.4. The first-order valence-corrected chi connectivity index (χ1v) is 9.88. The van der Waals surface area contributed by atoms with E-state index in [1.165, 1.54) is 0 Å². The van der Waals surface area contributed by atoms with Crippen LogP contribution in [0.4, 0.5) is 22.4 Å². The number of fused-ring (bicyclic) bond motifs is 3. The molecule has 2 N–H and O–H groups in total. The van der Waals surface area contributed by atoms with Crippen molar-refractivity contribution in [1.82, 2.24) is 5.32 Å². The minimum atomic E-state index is -4.90. The number of amides is 1. The summed E-state index contributed by atoms with van der Waals surface area (Å²) >= 11 is 0. The normalized spacial score (nSPS) is 13.9. The van der Waals surface area contributed by atoms with Gasteiger partial charge in [0.15, 0.2) is 0 Å². The Morgan fingerprint density at radius 3 is 2.16 bits per heavy atom. The number of alkyl carbamates (subject to hydrolysis) is 1. The van der Waals surface area contributed by atoms with E-state index in [-0.39, 0.29) is 18.1 Å². The molecule has 1 amide bonds. The van der Waals surface area contributed by atoms with Crippen LogP contribution in [0.3, 0.4) is 0 Å². The van der Waals surface area contributed by atoms with E-state index < -0.39 is 36.3 Å². The Morgan fingerprint density at radius 2 is 1.59 bits per heavy atom. The molecule has 0 aromatic heterocycles. The van der Waals surface area contributed by atoms with E-state index in [1.54, 1.807) is 0 Å². The van der Waals surface area contributed by atoms with Gasteiger partial charge in [-0.15, -0.1) is 0 Å². The van der Waals surface area contributed by atoms with Crippen LogP contribution < -0.4 is 5.32 Å². The van der Waals surface area contributed by atoms with Crippen LogP contribution in [0.15, 0.2) is 66.7 Å². The van der Waals surface area contributed by atoms with Gasteiger partial charge in [0.25, 0.3) is 0 Å². The Balaban J connectivity index is 1.47. The molecule has 1 aliphatic carbocycles. The minimum Gasteiger partial charge on any atom is -0.449 e. The van der Waals surface area contributed by atoms with Gasteiger partial charge in [0.05, 0.1) is 18.2 Å². The average Bonchev–Trinajstić information content (AvgIpc) is 3.09. The number of aliphatic hydroxyl groups is 1. The molecule has 0 heterocycles. The number of carbonyl (C=O) groups excluding carboxylic acids is 1. The van der Waals surface area contributed by atoms with Gasteiger partial charge in [-0.3, -0.25) is 0 Å². The zero-order valence-corrected chi connectivity index (χ0v) is 16.7. The Kier molecular flexibility index (Phi) is 5.88. The van der Waals surface area contributed by atoms with Crippen LogP contribution in [-0.2, 0) is 10.9 Å². The van der Waals surface area contributed by atoms with Gasteiger partial charge in [-0.05, 0) is 39.9 Å². The lowest BCUT2D eigenvalue weighted by Gasteiger charge is -2.20. The van der Waals surface area contributed by atoms with E-state index >= 15 is 0 Å². The molecule has 4 rings (SSSR count). The van der Waals surface area contributed by atoms with Crippen LogP contribution in [-0.4, -0.2) is 24.4 Å². The van der Waals surface area contributed by atoms with Crippen molar-refractivity contribution in [2.45, 2.75) is 18.1 Å². The van der Waals surface area contributed by atoms with E-state index in [1.807, 2.05) is 48.5 Å². The fourth-order valence-corrected chi connectivity index (χ4v) is 3.99. The third kappa shape index (κ3) is 4.18. The molecule has 0 saturated carbocycles. The zero-order chi connectivity index (χ0) is 22.9. The Bertz CT molecular complexity index is 1100. The number of alkyl halides is 3. The van der Waals surface area contributed by atoms with Gasteiger partial charge >= 0.3 is 12.3 Å². The molecule has 1 unspecified atom stereocenters. The van der Waals surface area contributed by atoms with Gasteiger partial charge in [-0.25, -0.2) is 9.18 Å². The molecule has 1 aliphatic rings. The molecule has 8 heteroatoms. The number of carbonyl (C=O) groups is 1. The highest BCUT2D eigenvalue weighted by Gasteiger charge is 2.35. The van der Waals surface area contributed by atoms with Crippen LogP contribution in [0.5, 0.6) is 0 Å². The summed E-state index contributed by atoms with van der Waals surface area (Å²) in [5, 5.41) is 11.9. The highest BCUT2D eigenvalue weighted by atomic mass is 19.4. The highest BCUT2D eigenvalue weighted by molar-refractivity contribution is 5.79. The Morgan fingerprint density at radius 1 is 1.00 bits per heavy atom. The summed E-state index contributed by atoms with van der Waals surface area (Å²) in [6, 6.07) is 16.6. The maximum Gasteiger partial charge on any atom is 0.419 e. The average molecular weight is 445 g/mol. The van der Waals surface area contributed by atoms with Crippen LogP contribution in [0.1, 0.15) is 34.2 Å². The summed E-state index contributed by atoms with van der Waals surface area (Å²) in [5.74, 6) is -1.62. The van der Waals surface area contributed by atoms with Gasteiger partial charge in [-0.1, -0.05) is 54.6 Å². The molecular formula is C24H19F4NO3. The first-order valence-electron chi connectivity index (χ1n) is 9.88. The Hall–Kier alpha value is -3.39. The van der Waals surface area contributed by atoms with Crippen molar-refractivity contribution in [3.8, 4) is 11.1 Å². The molecule has 0 spiro atoms. The summed E-state index contributed by atoms with van der Waals surface area (Å²) < 4.78 is 57.8. The number of benzene rings is 3. The molecule has 1 atom stereocenters. The molecule has 0 fully saturated rings. The summed E-state index contributed by atoms with van der Waals surface area (Å²) in [6.45, 7) is -0.678. The maximum absolute atomic E-state index is 13.5. The number of ether oxygens (including phenoxy) is 1. The monoisotopic (exact) mass is 445 g/mol. The first kappa shape index (κ1) is 21.8. The number of hydrogen-bond donors (Lipinski definition) is 2. The predicted octanol–water partition coefficient (Wildman–Crippen LogP) is 5.42. The quantitative estimate of drug-likeness (QED) is 0.516. The standard InChI is InChI=1S/C24H19F4NO3/c25-21-10-9-14(11-20(21)24(26,27)28)22(12-30)29-23(31)32-13-19-17-7-3-1-5-15(17)16-6-2-4-8-18(16)19/h1-11,19,22,30H,12-13H2,(H,29,31). The third-order valence-electron chi connectivity index (χ3n) is 5.52. The molecule has 0 bridgehead atoms. The largest absolute Gasteiger partial charge is 0.449 e. The molecule has 3 aromatic carbocycles. The number of halogens is 4. The first-order chi connectivity index (χ1) is 15.3. The lowest BCUT2D eigenvalue weighted by Crippen LogP contribution is -2.32. The zero-order valence-electron chi connectivity index (χ0n) is 16.7. The van der Waals surface area contributed by atoms with E-state index in [2.05, 4.69) is 5.32 Å². The van der Waals surface area contributed by atoms with Crippen LogP contribution in [0, 0.1) is 5.82 Å². The van der Waals surface area contributed by atoms with Gasteiger partial charge in [0.2, 0.25) is 0 Å². The van der Waals surface area contributed by atoms with Crippen molar-refractivity contribution in [3.05, 3.63) is 94.8 Å². The molecule has 3 aromatic rings. The van der Waals surface area contributed by atoms with Gasteiger partial charge in [-0.2, -0.15) is 13.2 Å². The topological polar surface area (TPSA) is 58.6 Å². The van der Waals surface area contributed by atoms with E-state index in [4.69, 9.17) is 4.74 Å². The lowest BCUT2D eigenvalue weighted by atomic mass is 9.98. The molecular weight excluding hydrogens is 426 g/mol. The SMILES string of the molecule is O=C(NC(CO)c1ccc(F)c(C(F)(F)F)c1)OCC1c2ccccc2-c2ccccc21. The molecule has 166 valence electrons. The smallest absolute Gasteiger partial charge is 0.419 e. The summed E-state index contributed by atoms with van der Waals surface area (Å²) in [6.07, 6.45) is -5.80. The minimum absolute atomic E-state index is 0.00915. The van der Waals surface area contributed by atoms with Gasteiger partial charge in [0, 0.05) is 5.92 Å². The highest BCUT2D eigenvalue weighted by Crippen LogP contribution is 2.44. The van der Waals surface area contributed by atoms with Crippen molar-refractivity contribution in [2.24, 2.45) is 0 Å². The molecule has 0 saturated heterocycles. The van der Waals surface area contributed by atoms with Gasteiger partial charge < -0.3 is 15.2 Å². The Labute approximate surface area is 181 Å². The second-order valence-electron chi connectivity index (χ2n) is 7.44. The predicted molar refractivity (Wildman–Crippen MR) is 109 cm³/mol. The van der Waals surface area contributed by atoms with E-state index in [0.717, 1.165) is 28.3 Å². The number of aliphatic hydroxyl groups excluding tert-OH is 1. The lowest BCUT2D eigenvalue weighted by molar-refractivity contribution is -0.140. The summed E-state index contributed by atoms with van der Waals surface area (Å²) in [7, 11) is 0. The third-order valence-corrected chi connectivity index (χ3v) is 5.52. The number of hydrogen-bond acceptors (Lipinski definition) is 3. The van der Waals surface area contributed by atoms with Crippen molar-refractivity contribution < 1.29 is 32.2 Å². The van der Waals surface area contributed by atoms with Crippen molar-refractivity contribution in [1.29, 1.82) is 0 Å². The van der Waals surface area contributed by atoms with Crippen molar-refractivity contribution in [2.75, 3.05) is 13.2 Å². The number of rotatable bonds is 5. The molecule has 4 nitrogen and oxygen atoms in total. The summed E-state index contributed by atoms with van der Waals surface area (Å²) in [5.41, 5.74) is 2.56. The van der Waals surface area contributed by atoms with Crippen LogP contribution in [0.25, 0.3) is 11.1 Å². The second-order valence-corrected chi connectivity index (χ2v) is 7.44.